The standard InChI is InChI=1S/C14H19ClFN3O2S/c15-11-1-2-14(13(16)9-11)22(20,21)19-7-5-18(6-8-19)12-3-4-17-10-12/h1-2,9,12,17H,3-8,10H2. The summed E-state index contributed by atoms with van der Waals surface area (Å²) in [7, 11) is -3.80. The number of rotatable bonds is 3. The fourth-order valence-corrected chi connectivity index (χ4v) is 4.71. The van der Waals surface area contributed by atoms with Crippen LogP contribution in [0.4, 0.5) is 4.39 Å². The van der Waals surface area contributed by atoms with Crippen LogP contribution in [-0.2, 0) is 10.0 Å². The second kappa shape index (κ2) is 6.41. The summed E-state index contributed by atoms with van der Waals surface area (Å²) in [5.74, 6) is -0.796. The van der Waals surface area contributed by atoms with Gasteiger partial charge in [0.2, 0.25) is 10.0 Å². The lowest BCUT2D eigenvalue weighted by molar-refractivity contribution is 0.145. The molecule has 1 aromatic rings. The molecule has 0 bridgehead atoms. The summed E-state index contributed by atoms with van der Waals surface area (Å²) in [6, 6.07) is 4.16. The van der Waals surface area contributed by atoms with E-state index in [4.69, 9.17) is 11.6 Å². The Labute approximate surface area is 135 Å². The van der Waals surface area contributed by atoms with Gasteiger partial charge >= 0.3 is 0 Å². The van der Waals surface area contributed by atoms with Crippen LogP contribution in [0.25, 0.3) is 0 Å². The SMILES string of the molecule is O=S(=O)(c1ccc(Cl)cc1F)N1CCN(C2CCNC2)CC1. The van der Waals surface area contributed by atoms with Gasteiger partial charge in [0.15, 0.2) is 0 Å². The zero-order valence-corrected chi connectivity index (χ0v) is 13.7. The largest absolute Gasteiger partial charge is 0.315 e. The molecule has 3 rings (SSSR count). The molecule has 22 heavy (non-hydrogen) atoms. The molecule has 8 heteroatoms. The van der Waals surface area contributed by atoms with E-state index in [2.05, 4.69) is 10.2 Å². The maximum Gasteiger partial charge on any atom is 0.246 e. The van der Waals surface area contributed by atoms with E-state index in [1.807, 2.05) is 0 Å². The van der Waals surface area contributed by atoms with E-state index in [9.17, 15) is 12.8 Å². The van der Waals surface area contributed by atoms with Crippen LogP contribution in [0.1, 0.15) is 6.42 Å². The average Bonchev–Trinajstić information content (AvgIpc) is 3.01. The molecule has 1 atom stereocenters. The van der Waals surface area contributed by atoms with Crippen LogP contribution in [0.3, 0.4) is 0 Å². The van der Waals surface area contributed by atoms with Crippen LogP contribution in [-0.4, -0.2) is 62.9 Å². The molecule has 0 spiro atoms. The fourth-order valence-electron chi connectivity index (χ4n) is 3.08. The summed E-state index contributed by atoms with van der Waals surface area (Å²) in [5, 5.41) is 3.50. The molecular formula is C14H19ClFN3O2S. The van der Waals surface area contributed by atoms with Crippen molar-refractivity contribution in [1.29, 1.82) is 0 Å². The normalized spacial score (nSPS) is 24.7. The first-order valence-electron chi connectivity index (χ1n) is 7.38. The quantitative estimate of drug-likeness (QED) is 0.891. The van der Waals surface area contributed by atoms with Gasteiger partial charge in [-0.15, -0.1) is 0 Å². The molecule has 0 aliphatic carbocycles. The van der Waals surface area contributed by atoms with Crippen LogP contribution in [0.2, 0.25) is 5.02 Å². The average molecular weight is 348 g/mol. The van der Waals surface area contributed by atoms with E-state index in [1.165, 1.54) is 16.4 Å². The molecule has 0 radical (unpaired) electrons. The van der Waals surface area contributed by atoms with E-state index in [0.717, 1.165) is 25.6 Å². The van der Waals surface area contributed by atoms with Gasteiger partial charge in [0.05, 0.1) is 0 Å². The van der Waals surface area contributed by atoms with Crippen LogP contribution < -0.4 is 5.32 Å². The highest BCUT2D eigenvalue weighted by Crippen LogP contribution is 2.24. The highest BCUT2D eigenvalue weighted by Gasteiger charge is 2.33. The summed E-state index contributed by atoms with van der Waals surface area (Å²) in [6.07, 6.45) is 1.10. The zero-order chi connectivity index (χ0) is 15.7. The Kier molecular flexibility index (Phi) is 4.70. The monoisotopic (exact) mass is 347 g/mol. The first-order chi connectivity index (χ1) is 10.5. The van der Waals surface area contributed by atoms with Crippen molar-refractivity contribution >= 4 is 21.6 Å². The maximum atomic E-state index is 13.9. The third kappa shape index (κ3) is 3.14. The predicted octanol–water partition coefficient (Wildman–Crippen LogP) is 1.15. The van der Waals surface area contributed by atoms with Crippen molar-refractivity contribution in [3.05, 3.63) is 29.0 Å². The lowest BCUT2D eigenvalue weighted by Crippen LogP contribution is -2.52. The number of hydrogen-bond donors (Lipinski definition) is 1. The number of nitrogens with one attached hydrogen (secondary N) is 1. The van der Waals surface area contributed by atoms with E-state index in [0.29, 0.717) is 32.2 Å². The second-order valence-electron chi connectivity index (χ2n) is 5.66. The van der Waals surface area contributed by atoms with E-state index < -0.39 is 15.8 Å². The molecule has 1 N–H and O–H groups in total. The molecule has 0 saturated carbocycles. The van der Waals surface area contributed by atoms with E-state index in [-0.39, 0.29) is 9.92 Å². The number of sulfonamides is 1. The summed E-state index contributed by atoms with van der Waals surface area (Å²) < 4.78 is 40.4. The zero-order valence-electron chi connectivity index (χ0n) is 12.1. The number of halogens is 2. The molecular weight excluding hydrogens is 329 g/mol. The molecule has 1 aromatic carbocycles. The third-order valence-electron chi connectivity index (χ3n) is 4.34. The molecule has 2 saturated heterocycles. The van der Waals surface area contributed by atoms with Crippen LogP contribution in [0.15, 0.2) is 23.1 Å². The topological polar surface area (TPSA) is 52.7 Å². The van der Waals surface area contributed by atoms with Gasteiger partial charge < -0.3 is 5.32 Å². The summed E-state index contributed by atoms with van der Waals surface area (Å²) in [6.45, 7) is 4.11. The van der Waals surface area contributed by atoms with Crippen molar-refractivity contribution in [2.45, 2.75) is 17.4 Å². The van der Waals surface area contributed by atoms with Crippen LogP contribution in [0, 0.1) is 5.82 Å². The molecule has 2 aliphatic heterocycles. The van der Waals surface area contributed by atoms with Gasteiger partial charge in [-0.25, -0.2) is 12.8 Å². The first kappa shape index (κ1) is 16.1. The Bertz CT molecular complexity index is 641. The van der Waals surface area contributed by atoms with Gasteiger partial charge in [0, 0.05) is 43.8 Å². The molecule has 2 aliphatic rings. The van der Waals surface area contributed by atoms with Crippen molar-refractivity contribution in [3.8, 4) is 0 Å². The minimum absolute atomic E-state index is 0.190. The molecule has 1 unspecified atom stereocenters. The first-order valence-corrected chi connectivity index (χ1v) is 9.20. The Morgan fingerprint density at radius 2 is 1.95 bits per heavy atom. The van der Waals surface area contributed by atoms with Crippen molar-refractivity contribution in [1.82, 2.24) is 14.5 Å². The Balaban J connectivity index is 1.71. The van der Waals surface area contributed by atoms with Gasteiger partial charge in [0.1, 0.15) is 10.7 Å². The Morgan fingerprint density at radius 1 is 1.23 bits per heavy atom. The minimum Gasteiger partial charge on any atom is -0.315 e. The van der Waals surface area contributed by atoms with Crippen LogP contribution >= 0.6 is 11.6 Å². The third-order valence-corrected chi connectivity index (χ3v) is 6.50. The molecule has 5 nitrogen and oxygen atoms in total. The molecule has 2 heterocycles. The van der Waals surface area contributed by atoms with Crippen molar-refractivity contribution in [3.63, 3.8) is 0 Å². The van der Waals surface area contributed by atoms with Crippen LogP contribution in [0.5, 0.6) is 0 Å². The highest BCUT2D eigenvalue weighted by atomic mass is 35.5. The summed E-state index contributed by atoms with van der Waals surface area (Å²) in [5.41, 5.74) is 0. The smallest absolute Gasteiger partial charge is 0.246 e. The number of piperazine rings is 1. The molecule has 0 amide bonds. The van der Waals surface area contributed by atoms with Crippen molar-refractivity contribution in [2.24, 2.45) is 0 Å². The lowest BCUT2D eigenvalue weighted by atomic mass is 10.2. The summed E-state index contributed by atoms with van der Waals surface area (Å²) in [4.78, 5) is 2.01. The number of benzene rings is 1. The van der Waals surface area contributed by atoms with E-state index >= 15 is 0 Å². The number of nitrogens with zero attached hydrogens (tertiary/aromatic N) is 2. The predicted molar refractivity (Wildman–Crippen MR) is 83.0 cm³/mol. The van der Waals surface area contributed by atoms with Gasteiger partial charge in [-0.1, -0.05) is 11.6 Å². The van der Waals surface area contributed by atoms with Crippen molar-refractivity contribution in [2.75, 3.05) is 39.3 Å². The van der Waals surface area contributed by atoms with Crippen molar-refractivity contribution < 1.29 is 12.8 Å². The van der Waals surface area contributed by atoms with E-state index in [1.54, 1.807) is 0 Å². The Hall–Kier alpha value is -0.730. The van der Waals surface area contributed by atoms with Gasteiger partial charge in [-0.2, -0.15) is 4.31 Å². The molecule has 122 valence electrons. The number of hydrogen-bond acceptors (Lipinski definition) is 4. The highest BCUT2D eigenvalue weighted by molar-refractivity contribution is 7.89. The van der Waals surface area contributed by atoms with Gasteiger partial charge in [-0.3, -0.25) is 4.90 Å². The molecule has 2 fully saturated rings. The fraction of sp³-hybridized carbons (Fsp3) is 0.571. The molecule has 0 aromatic heterocycles. The minimum atomic E-state index is -3.80. The summed E-state index contributed by atoms with van der Waals surface area (Å²) >= 11 is 5.68. The second-order valence-corrected chi connectivity index (χ2v) is 8.00. The Morgan fingerprint density at radius 3 is 2.55 bits per heavy atom. The van der Waals surface area contributed by atoms with Gasteiger partial charge in [-0.05, 0) is 31.2 Å². The van der Waals surface area contributed by atoms with Gasteiger partial charge in [0.25, 0.3) is 0 Å². The maximum absolute atomic E-state index is 13.9. The lowest BCUT2D eigenvalue weighted by Gasteiger charge is -2.37.